The third-order valence-corrected chi connectivity index (χ3v) is 3.50. The number of carbonyl (C=O) groups excluding carboxylic acids is 2. The first kappa shape index (κ1) is 13.9. The lowest BCUT2D eigenvalue weighted by Gasteiger charge is -2.34. The predicted molar refractivity (Wildman–Crippen MR) is 68.3 cm³/mol. The SMILES string of the molecule is C=CCN1C(=O)C[C@H](C)[C@H](CCCCC)C1=O. The zero-order valence-corrected chi connectivity index (χ0v) is 10.9. The Morgan fingerprint density at radius 3 is 2.71 bits per heavy atom. The molecule has 1 rings (SSSR count). The Bertz CT molecular complexity index is 299. The molecule has 0 aromatic rings. The molecule has 0 radical (unpaired) electrons. The number of unbranched alkanes of at least 4 members (excludes halogenated alkanes) is 2. The van der Waals surface area contributed by atoms with Crippen LogP contribution in [-0.4, -0.2) is 23.3 Å². The monoisotopic (exact) mass is 237 g/mol. The van der Waals surface area contributed by atoms with E-state index in [0.717, 1.165) is 25.7 Å². The molecule has 96 valence electrons. The van der Waals surface area contributed by atoms with Crippen LogP contribution >= 0.6 is 0 Å². The van der Waals surface area contributed by atoms with Crippen molar-refractivity contribution in [2.24, 2.45) is 11.8 Å². The van der Waals surface area contributed by atoms with Crippen LogP contribution < -0.4 is 0 Å². The van der Waals surface area contributed by atoms with Crippen LogP contribution in [0.2, 0.25) is 0 Å². The summed E-state index contributed by atoms with van der Waals surface area (Å²) >= 11 is 0. The van der Waals surface area contributed by atoms with Crippen molar-refractivity contribution in [3.63, 3.8) is 0 Å². The molecule has 1 heterocycles. The Hall–Kier alpha value is -1.12. The van der Waals surface area contributed by atoms with E-state index in [9.17, 15) is 9.59 Å². The fourth-order valence-corrected chi connectivity index (χ4v) is 2.44. The van der Waals surface area contributed by atoms with E-state index in [2.05, 4.69) is 13.5 Å². The standard InChI is InChI=1S/C14H23NO2/c1-4-6-7-8-12-11(3)10-13(16)15(9-5-2)14(12)17/h5,11-12H,2,4,6-10H2,1,3H3/t11-,12-/m0/s1. The fourth-order valence-electron chi connectivity index (χ4n) is 2.44. The molecular weight excluding hydrogens is 214 g/mol. The second-order valence-electron chi connectivity index (χ2n) is 4.91. The molecule has 0 bridgehead atoms. The van der Waals surface area contributed by atoms with E-state index in [0.29, 0.717) is 13.0 Å². The maximum absolute atomic E-state index is 12.2. The zero-order valence-electron chi connectivity index (χ0n) is 10.9. The molecule has 3 nitrogen and oxygen atoms in total. The lowest BCUT2D eigenvalue weighted by Crippen LogP contribution is -2.48. The van der Waals surface area contributed by atoms with E-state index in [-0.39, 0.29) is 23.7 Å². The summed E-state index contributed by atoms with van der Waals surface area (Å²) in [6.45, 7) is 8.12. The highest BCUT2D eigenvalue weighted by Gasteiger charge is 2.37. The molecule has 1 saturated heterocycles. The molecule has 2 amide bonds. The van der Waals surface area contributed by atoms with E-state index >= 15 is 0 Å². The molecule has 17 heavy (non-hydrogen) atoms. The van der Waals surface area contributed by atoms with Gasteiger partial charge >= 0.3 is 0 Å². The second kappa shape index (κ2) is 6.58. The Balaban J connectivity index is 2.65. The van der Waals surface area contributed by atoms with Gasteiger partial charge in [-0.25, -0.2) is 0 Å². The molecule has 1 aliphatic rings. The van der Waals surface area contributed by atoms with Gasteiger partial charge in [-0.05, 0) is 12.3 Å². The van der Waals surface area contributed by atoms with Crippen LogP contribution in [-0.2, 0) is 9.59 Å². The topological polar surface area (TPSA) is 37.4 Å². The maximum Gasteiger partial charge on any atom is 0.232 e. The summed E-state index contributed by atoms with van der Waals surface area (Å²) in [6, 6.07) is 0. The maximum atomic E-state index is 12.2. The van der Waals surface area contributed by atoms with Gasteiger partial charge in [0.15, 0.2) is 0 Å². The Morgan fingerprint density at radius 1 is 1.41 bits per heavy atom. The van der Waals surface area contributed by atoms with Crippen LogP contribution in [0.3, 0.4) is 0 Å². The molecule has 3 heteroatoms. The lowest BCUT2D eigenvalue weighted by molar-refractivity contribution is -0.153. The van der Waals surface area contributed by atoms with Crippen molar-refractivity contribution in [1.29, 1.82) is 0 Å². The minimum Gasteiger partial charge on any atom is -0.279 e. The van der Waals surface area contributed by atoms with Crippen LogP contribution in [0, 0.1) is 11.8 Å². The molecule has 0 saturated carbocycles. The van der Waals surface area contributed by atoms with Gasteiger partial charge in [0, 0.05) is 18.9 Å². The number of imide groups is 1. The summed E-state index contributed by atoms with van der Waals surface area (Å²) in [4.78, 5) is 25.3. The minimum atomic E-state index is -0.0471. The second-order valence-corrected chi connectivity index (χ2v) is 4.91. The first-order valence-corrected chi connectivity index (χ1v) is 6.56. The summed E-state index contributed by atoms with van der Waals surface area (Å²) in [5.74, 6) is 0.172. The van der Waals surface area contributed by atoms with Crippen molar-refractivity contribution in [3.8, 4) is 0 Å². The van der Waals surface area contributed by atoms with Crippen molar-refractivity contribution in [3.05, 3.63) is 12.7 Å². The normalized spacial score (nSPS) is 25.2. The fraction of sp³-hybridized carbons (Fsp3) is 0.714. The highest BCUT2D eigenvalue weighted by Crippen LogP contribution is 2.29. The number of hydrogen-bond donors (Lipinski definition) is 0. The van der Waals surface area contributed by atoms with Crippen molar-refractivity contribution < 1.29 is 9.59 Å². The van der Waals surface area contributed by atoms with Crippen molar-refractivity contribution in [2.75, 3.05) is 6.54 Å². The lowest BCUT2D eigenvalue weighted by atomic mass is 9.82. The van der Waals surface area contributed by atoms with E-state index in [1.54, 1.807) is 6.08 Å². The van der Waals surface area contributed by atoms with Gasteiger partial charge in [-0.15, -0.1) is 6.58 Å². The van der Waals surface area contributed by atoms with Gasteiger partial charge in [-0.3, -0.25) is 14.5 Å². The van der Waals surface area contributed by atoms with Gasteiger partial charge in [-0.2, -0.15) is 0 Å². The number of amides is 2. The number of carbonyl (C=O) groups is 2. The summed E-state index contributed by atoms with van der Waals surface area (Å²) in [7, 11) is 0. The smallest absolute Gasteiger partial charge is 0.232 e. The first-order valence-electron chi connectivity index (χ1n) is 6.56. The van der Waals surface area contributed by atoms with Crippen molar-refractivity contribution in [1.82, 2.24) is 4.90 Å². The molecule has 0 aromatic carbocycles. The van der Waals surface area contributed by atoms with Crippen molar-refractivity contribution >= 4 is 11.8 Å². The molecule has 1 fully saturated rings. The molecule has 0 unspecified atom stereocenters. The van der Waals surface area contributed by atoms with Crippen molar-refractivity contribution in [2.45, 2.75) is 46.0 Å². The molecular formula is C14H23NO2. The highest BCUT2D eigenvalue weighted by atomic mass is 16.2. The van der Waals surface area contributed by atoms with Gasteiger partial charge in [-0.1, -0.05) is 39.2 Å². The largest absolute Gasteiger partial charge is 0.279 e. The van der Waals surface area contributed by atoms with E-state index in [1.165, 1.54) is 4.90 Å². The van der Waals surface area contributed by atoms with Gasteiger partial charge in [0.1, 0.15) is 0 Å². The Labute approximate surface area is 104 Å². The van der Waals surface area contributed by atoms with E-state index in [1.807, 2.05) is 6.92 Å². The number of piperidine rings is 1. The van der Waals surface area contributed by atoms with Crippen LogP contribution in [0.1, 0.15) is 46.0 Å². The van der Waals surface area contributed by atoms with Crippen LogP contribution in [0.15, 0.2) is 12.7 Å². The third kappa shape index (κ3) is 3.42. The van der Waals surface area contributed by atoms with Crippen LogP contribution in [0.5, 0.6) is 0 Å². The number of hydrogen-bond acceptors (Lipinski definition) is 2. The first-order chi connectivity index (χ1) is 8.11. The molecule has 0 spiro atoms. The summed E-state index contributed by atoms with van der Waals surface area (Å²) in [6.07, 6.45) is 6.42. The summed E-state index contributed by atoms with van der Waals surface area (Å²) in [5.41, 5.74) is 0. The highest BCUT2D eigenvalue weighted by molar-refractivity contribution is 5.99. The minimum absolute atomic E-state index is 0.00440. The van der Waals surface area contributed by atoms with Gasteiger partial charge < -0.3 is 0 Å². The van der Waals surface area contributed by atoms with Gasteiger partial charge in [0.2, 0.25) is 11.8 Å². The average molecular weight is 237 g/mol. The van der Waals surface area contributed by atoms with E-state index < -0.39 is 0 Å². The summed E-state index contributed by atoms with van der Waals surface area (Å²) in [5, 5.41) is 0. The number of nitrogens with zero attached hydrogens (tertiary/aromatic N) is 1. The number of rotatable bonds is 6. The average Bonchev–Trinajstić information content (AvgIpc) is 2.29. The van der Waals surface area contributed by atoms with Gasteiger partial charge in [0.25, 0.3) is 0 Å². The quantitative estimate of drug-likeness (QED) is 0.404. The molecule has 0 aliphatic carbocycles. The predicted octanol–water partition coefficient (Wildman–Crippen LogP) is 2.76. The molecule has 1 aliphatic heterocycles. The zero-order chi connectivity index (χ0) is 12.8. The number of likely N-dealkylation sites (tertiary alicyclic amines) is 1. The molecule has 0 N–H and O–H groups in total. The molecule has 2 atom stereocenters. The third-order valence-electron chi connectivity index (χ3n) is 3.50. The Kier molecular flexibility index (Phi) is 5.39. The van der Waals surface area contributed by atoms with Crippen LogP contribution in [0.4, 0.5) is 0 Å². The molecule has 0 aromatic heterocycles. The van der Waals surface area contributed by atoms with Crippen LogP contribution in [0.25, 0.3) is 0 Å². The Morgan fingerprint density at radius 2 is 2.12 bits per heavy atom. The van der Waals surface area contributed by atoms with Gasteiger partial charge in [0.05, 0.1) is 0 Å². The van der Waals surface area contributed by atoms with E-state index in [4.69, 9.17) is 0 Å². The summed E-state index contributed by atoms with van der Waals surface area (Å²) < 4.78 is 0.